The molecule has 0 unspecified atom stereocenters. The highest BCUT2D eigenvalue weighted by Gasteiger charge is 2.37. The van der Waals surface area contributed by atoms with Crippen LogP contribution in [0.3, 0.4) is 0 Å². The third kappa shape index (κ3) is 6.74. The first-order chi connectivity index (χ1) is 12.4. The maximum Gasteiger partial charge on any atom is 0.475 e. The van der Waals surface area contributed by atoms with Crippen molar-refractivity contribution in [2.75, 3.05) is 13.2 Å². The lowest BCUT2D eigenvalue weighted by atomic mass is 10.2. The van der Waals surface area contributed by atoms with Crippen molar-refractivity contribution in [2.24, 2.45) is 0 Å². The van der Waals surface area contributed by atoms with E-state index in [1.807, 2.05) is 12.1 Å². The number of benzene rings is 1. The number of aromatic nitrogens is 2. The molecule has 2 aromatic rings. The Morgan fingerprint density at radius 2 is 1.63 bits per heavy atom. The summed E-state index contributed by atoms with van der Waals surface area (Å²) in [6.07, 6.45) is 0.929. The summed E-state index contributed by atoms with van der Waals surface area (Å²) in [5.74, 6) is 0. The Labute approximate surface area is 159 Å². The standard InChI is InChI=1S/C18H27N2O6P/c1-17(2,3)25-27(22,26-18(4,5)6)24-12-11-23-16(21)20-15-10-8-7-9-14(15)13-19-20/h7-10,13H,11-12H2,1-6H3. The van der Waals surface area contributed by atoms with Gasteiger partial charge in [-0.15, -0.1) is 0 Å². The summed E-state index contributed by atoms with van der Waals surface area (Å²) in [5, 5.41) is 4.84. The number of phosphoric acid groups is 1. The number of para-hydroxylation sites is 1. The van der Waals surface area contributed by atoms with E-state index in [1.54, 1.807) is 59.9 Å². The second kappa shape index (κ2) is 8.10. The van der Waals surface area contributed by atoms with Gasteiger partial charge in [-0.2, -0.15) is 9.78 Å². The molecule has 150 valence electrons. The number of rotatable bonds is 6. The van der Waals surface area contributed by atoms with Crippen LogP contribution in [0.25, 0.3) is 10.9 Å². The highest BCUT2D eigenvalue weighted by atomic mass is 31.2. The van der Waals surface area contributed by atoms with Crippen LogP contribution < -0.4 is 0 Å². The SMILES string of the molecule is CC(C)(C)OP(=O)(OCCOC(=O)n1ncc2ccccc21)OC(C)(C)C. The van der Waals surface area contributed by atoms with Gasteiger partial charge in [-0.1, -0.05) is 18.2 Å². The molecule has 1 aromatic carbocycles. The van der Waals surface area contributed by atoms with Gasteiger partial charge in [-0.3, -0.25) is 13.6 Å². The fourth-order valence-corrected chi connectivity index (χ4v) is 3.98. The lowest BCUT2D eigenvalue weighted by Crippen LogP contribution is -2.25. The van der Waals surface area contributed by atoms with Crippen molar-refractivity contribution in [1.29, 1.82) is 0 Å². The molecule has 0 atom stereocenters. The van der Waals surface area contributed by atoms with E-state index in [1.165, 1.54) is 0 Å². The minimum atomic E-state index is -3.84. The summed E-state index contributed by atoms with van der Waals surface area (Å²) >= 11 is 0. The van der Waals surface area contributed by atoms with Gasteiger partial charge in [0, 0.05) is 5.39 Å². The largest absolute Gasteiger partial charge is 0.475 e. The summed E-state index contributed by atoms with van der Waals surface area (Å²) in [5.41, 5.74) is -0.821. The number of fused-ring (bicyclic) bond motifs is 1. The van der Waals surface area contributed by atoms with Crippen molar-refractivity contribution in [3.8, 4) is 0 Å². The average molecular weight is 398 g/mol. The molecule has 27 heavy (non-hydrogen) atoms. The maximum atomic E-state index is 12.9. The zero-order chi connectivity index (χ0) is 20.3. The number of hydrogen-bond acceptors (Lipinski definition) is 7. The number of phosphoric ester groups is 1. The van der Waals surface area contributed by atoms with Gasteiger partial charge < -0.3 is 4.74 Å². The monoisotopic (exact) mass is 398 g/mol. The Morgan fingerprint density at radius 3 is 2.22 bits per heavy atom. The van der Waals surface area contributed by atoms with Gasteiger partial charge >= 0.3 is 13.9 Å². The van der Waals surface area contributed by atoms with Crippen LogP contribution in [-0.4, -0.2) is 40.3 Å². The molecule has 0 spiro atoms. The van der Waals surface area contributed by atoms with E-state index in [9.17, 15) is 9.36 Å². The van der Waals surface area contributed by atoms with Crippen molar-refractivity contribution in [3.63, 3.8) is 0 Å². The molecule has 0 aliphatic carbocycles. The number of carbonyl (C=O) groups is 1. The van der Waals surface area contributed by atoms with Crippen LogP contribution in [0.1, 0.15) is 41.5 Å². The van der Waals surface area contributed by atoms with Crippen LogP contribution in [0, 0.1) is 0 Å². The molecule has 0 bridgehead atoms. The molecule has 0 N–H and O–H groups in total. The molecule has 0 amide bonds. The van der Waals surface area contributed by atoms with Gasteiger partial charge in [0.2, 0.25) is 0 Å². The van der Waals surface area contributed by atoms with Crippen molar-refractivity contribution in [3.05, 3.63) is 30.5 Å². The van der Waals surface area contributed by atoms with Gasteiger partial charge in [-0.05, 0) is 47.6 Å². The Balaban J connectivity index is 1.94. The normalized spacial score (nSPS) is 13.1. The van der Waals surface area contributed by atoms with Crippen molar-refractivity contribution < 1.29 is 27.7 Å². The number of nitrogens with zero attached hydrogens (tertiary/aromatic N) is 2. The molecule has 0 aliphatic heterocycles. The fraction of sp³-hybridized carbons (Fsp3) is 0.556. The van der Waals surface area contributed by atoms with Gasteiger partial charge in [0.15, 0.2) is 0 Å². The molecule has 0 radical (unpaired) electrons. The Kier molecular flexibility index (Phi) is 6.47. The van der Waals surface area contributed by atoms with E-state index in [4.69, 9.17) is 18.3 Å². The molecule has 9 heteroatoms. The molecular weight excluding hydrogens is 371 g/mol. The zero-order valence-electron chi connectivity index (χ0n) is 16.6. The van der Waals surface area contributed by atoms with Crippen molar-refractivity contribution in [2.45, 2.75) is 52.7 Å². The molecule has 1 heterocycles. The van der Waals surface area contributed by atoms with Crippen LogP contribution in [0.15, 0.2) is 30.5 Å². The minimum absolute atomic E-state index is 0.127. The van der Waals surface area contributed by atoms with E-state index >= 15 is 0 Å². The molecule has 0 aliphatic rings. The summed E-state index contributed by atoms with van der Waals surface area (Å²) < 4.78 is 35.5. The molecule has 2 rings (SSSR count). The molecule has 0 fully saturated rings. The topological polar surface area (TPSA) is 88.9 Å². The highest BCUT2D eigenvalue weighted by molar-refractivity contribution is 7.48. The van der Waals surface area contributed by atoms with E-state index < -0.39 is 25.1 Å². The summed E-state index contributed by atoms with van der Waals surface area (Å²) in [7, 11) is -3.84. The van der Waals surface area contributed by atoms with Crippen LogP contribution in [-0.2, 0) is 22.9 Å². The molecule has 8 nitrogen and oxygen atoms in total. The van der Waals surface area contributed by atoms with Gasteiger partial charge in [0.05, 0.1) is 29.5 Å². The van der Waals surface area contributed by atoms with E-state index in [-0.39, 0.29) is 13.2 Å². The summed E-state index contributed by atoms with van der Waals surface area (Å²) in [6, 6.07) is 7.28. The third-order valence-corrected chi connectivity index (χ3v) is 5.02. The van der Waals surface area contributed by atoms with Crippen molar-refractivity contribution in [1.82, 2.24) is 9.78 Å². The minimum Gasteiger partial charge on any atom is -0.445 e. The third-order valence-electron chi connectivity index (χ3n) is 2.98. The maximum absolute atomic E-state index is 12.9. The van der Waals surface area contributed by atoms with Gasteiger partial charge in [0.1, 0.15) is 6.61 Å². The number of hydrogen-bond donors (Lipinski definition) is 0. The molecular formula is C18H27N2O6P. The predicted molar refractivity (Wildman–Crippen MR) is 102 cm³/mol. The Morgan fingerprint density at radius 1 is 1.04 bits per heavy atom. The first-order valence-electron chi connectivity index (χ1n) is 8.65. The average Bonchev–Trinajstić information content (AvgIpc) is 2.91. The second-order valence-electron chi connectivity index (χ2n) is 7.92. The number of ether oxygens (including phenoxy) is 1. The zero-order valence-corrected chi connectivity index (χ0v) is 17.5. The molecule has 1 aromatic heterocycles. The second-order valence-corrected chi connectivity index (χ2v) is 9.44. The first-order valence-corrected chi connectivity index (χ1v) is 10.1. The Bertz CT molecular complexity index is 814. The van der Waals surface area contributed by atoms with E-state index in [0.29, 0.717) is 5.52 Å². The summed E-state index contributed by atoms with van der Waals surface area (Å²) in [4.78, 5) is 12.2. The van der Waals surface area contributed by atoms with Crippen LogP contribution >= 0.6 is 7.82 Å². The smallest absolute Gasteiger partial charge is 0.445 e. The highest BCUT2D eigenvalue weighted by Crippen LogP contribution is 2.55. The van der Waals surface area contributed by atoms with E-state index in [2.05, 4.69) is 5.10 Å². The lowest BCUT2D eigenvalue weighted by Gasteiger charge is -2.30. The molecule has 0 saturated carbocycles. The van der Waals surface area contributed by atoms with Crippen LogP contribution in [0.5, 0.6) is 0 Å². The van der Waals surface area contributed by atoms with Crippen molar-refractivity contribution >= 4 is 24.8 Å². The van der Waals surface area contributed by atoms with Gasteiger partial charge in [-0.25, -0.2) is 9.36 Å². The molecule has 0 saturated heterocycles. The van der Waals surface area contributed by atoms with Gasteiger partial charge in [0.25, 0.3) is 0 Å². The number of carbonyl (C=O) groups excluding carboxylic acids is 1. The van der Waals surface area contributed by atoms with Crippen LogP contribution in [0.4, 0.5) is 4.79 Å². The van der Waals surface area contributed by atoms with E-state index in [0.717, 1.165) is 10.1 Å². The quantitative estimate of drug-likeness (QED) is 0.511. The predicted octanol–water partition coefficient (Wildman–Crippen LogP) is 4.78. The van der Waals surface area contributed by atoms with Crippen LogP contribution in [0.2, 0.25) is 0 Å². The summed E-state index contributed by atoms with van der Waals surface area (Å²) in [6.45, 7) is 10.2. The first kappa shape index (κ1) is 21.6. The lowest BCUT2D eigenvalue weighted by molar-refractivity contribution is -0.00203. The Hall–Kier alpha value is -1.73. The fourth-order valence-electron chi connectivity index (χ4n) is 2.20.